The van der Waals surface area contributed by atoms with Gasteiger partial charge in [-0.3, -0.25) is 9.78 Å². The van der Waals surface area contributed by atoms with E-state index in [0.29, 0.717) is 12.1 Å². The maximum atomic E-state index is 11.7. The Bertz CT molecular complexity index is 479. The Morgan fingerprint density at radius 2 is 2.31 bits per heavy atom. The highest BCUT2D eigenvalue weighted by molar-refractivity contribution is 7.11. The van der Waals surface area contributed by atoms with Crippen LogP contribution < -0.4 is 5.32 Å². The molecule has 2 heterocycles. The van der Waals surface area contributed by atoms with Gasteiger partial charge in [-0.2, -0.15) is 0 Å². The van der Waals surface area contributed by atoms with Crippen molar-refractivity contribution in [3.05, 3.63) is 52.0 Å². The van der Waals surface area contributed by atoms with Crippen LogP contribution in [0.25, 0.3) is 0 Å². The van der Waals surface area contributed by atoms with Gasteiger partial charge in [0.2, 0.25) is 0 Å². The van der Waals surface area contributed by atoms with E-state index in [1.165, 1.54) is 4.88 Å². The highest BCUT2D eigenvalue weighted by atomic mass is 32.1. The summed E-state index contributed by atoms with van der Waals surface area (Å²) >= 11 is 1.69. The molecule has 2 rings (SSSR count). The highest BCUT2D eigenvalue weighted by Gasteiger charge is 2.04. The van der Waals surface area contributed by atoms with Crippen LogP contribution in [0.5, 0.6) is 0 Å². The van der Waals surface area contributed by atoms with Gasteiger partial charge < -0.3 is 5.32 Å². The summed E-state index contributed by atoms with van der Waals surface area (Å²) in [7, 11) is 0. The maximum Gasteiger partial charge on any atom is 0.253 e. The summed E-state index contributed by atoms with van der Waals surface area (Å²) in [6, 6.07) is 7.59. The van der Waals surface area contributed by atoms with Gasteiger partial charge in [0.05, 0.1) is 12.1 Å². The molecule has 4 heteroatoms. The Morgan fingerprint density at radius 3 is 2.94 bits per heavy atom. The molecule has 0 spiro atoms. The fourth-order valence-electron chi connectivity index (χ4n) is 1.35. The van der Waals surface area contributed by atoms with Crippen molar-refractivity contribution in [1.82, 2.24) is 10.3 Å². The number of nitrogens with zero attached hydrogens (tertiary/aromatic N) is 1. The van der Waals surface area contributed by atoms with Crippen LogP contribution in [0.2, 0.25) is 0 Å². The monoisotopic (exact) mass is 232 g/mol. The molecule has 0 atom stereocenters. The lowest BCUT2D eigenvalue weighted by atomic mass is 10.3. The predicted molar refractivity (Wildman–Crippen MR) is 64.5 cm³/mol. The molecule has 0 saturated carbocycles. The average molecular weight is 232 g/mol. The van der Waals surface area contributed by atoms with Crippen LogP contribution in [0.15, 0.2) is 36.7 Å². The minimum absolute atomic E-state index is 0.0841. The van der Waals surface area contributed by atoms with E-state index in [4.69, 9.17) is 0 Å². The molecule has 0 saturated heterocycles. The fourth-order valence-corrected chi connectivity index (χ4v) is 2.18. The first-order valence-corrected chi connectivity index (χ1v) is 5.81. The van der Waals surface area contributed by atoms with Crippen LogP contribution in [-0.2, 0) is 6.54 Å². The third kappa shape index (κ3) is 2.67. The van der Waals surface area contributed by atoms with Crippen LogP contribution in [0.1, 0.15) is 20.1 Å². The zero-order valence-electron chi connectivity index (χ0n) is 8.93. The van der Waals surface area contributed by atoms with E-state index in [9.17, 15) is 4.79 Å². The molecule has 3 nitrogen and oxygen atoms in total. The van der Waals surface area contributed by atoms with E-state index in [1.807, 2.05) is 6.07 Å². The fraction of sp³-hybridized carbons (Fsp3) is 0.167. The largest absolute Gasteiger partial charge is 0.347 e. The number of hydrogen-bond donors (Lipinski definition) is 1. The standard InChI is InChI=1S/C12H12N2OS/c1-9-4-5-11(16-9)8-14-12(15)10-3-2-6-13-7-10/h2-7H,8H2,1H3,(H,14,15). The van der Waals surface area contributed by atoms with Gasteiger partial charge >= 0.3 is 0 Å². The quantitative estimate of drug-likeness (QED) is 0.882. The van der Waals surface area contributed by atoms with Gasteiger partial charge in [-0.05, 0) is 31.2 Å². The molecule has 2 aromatic rings. The molecule has 0 aromatic carbocycles. The second kappa shape index (κ2) is 4.90. The summed E-state index contributed by atoms with van der Waals surface area (Å²) in [6.07, 6.45) is 3.22. The minimum Gasteiger partial charge on any atom is -0.347 e. The molecule has 0 radical (unpaired) electrons. The van der Waals surface area contributed by atoms with Gasteiger partial charge in [0.25, 0.3) is 5.91 Å². The number of nitrogens with one attached hydrogen (secondary N) is 1. The van der Waals surface area contributed by atoms with Gasteiger partial charge in [0.15, 0.2) is 0 Å². The molecule has 0 aliphatic carbocycles. The lowest BCUT2D eigenvalue weighted by Crippen LogP contribution is -2.22. The molecule has 0 fully saturated rings. The van der Waals surface area contributed by atoms with Gasteiger partial charge in [-0.15, -0.1) is 11.3 Å². The number of rotatable bonds is 3. The van der Waals surface area contributed by atoms with E-state index in [1.54, 1.807) is 35.9 Å². The first-order chi connectivity index (χ1) is 7.75. The summed E-state index contributed by atoms with van der Waals surface area (Å²) in [5, 5.41) is 2.86. The normalized spacial score (nSPS) is 10.1. The molecule has 2 aromatic heterocycles. The number of hydrogen-bond acceptors (Lipinski definition) is 3. The van der Waals surface area contributed by atoms with Gasteiger partial charge in [0.1, 0.15) is 0 Å². The average Bonchev–Trinajstić information content (AvgIpc) is 2.73. The van der Waals surface area contributed by atoms with E-state index in [2.05, 4.69) is 23.3 Å². The number of carbonyl (C=O) groups excluding carboxylic acids is 1. The molecule has 0 aliphatic rings. The molecular formula is C12H12N2OS. The second-order valence-corrected chi connectivity index (χ2v) is 4.81. The Kier molecular flexibility index (Phi) is 3.31. The van der Waals surface area contributed by atoms with E-state index in [-0.39, 0.29) is 5.91 Å². The van der Waals surface area contributed by atoms with E-state index < -0.39 is 0 Å². The molecule has 0 unspecified atom stereocenters. The number of pyridine rings is 1. The SMILES string of the molecule is Cc1ccc(CNC(=O)c2cccnc2)s1. The Labute approximate surface area is 98.2 Å². The molecule has 1 N–H and O–H groups in total. The second-order valence-electron chi connectivity index (χ2n) is 3.44. The van der Waals surface area contributed by atoms with Crippen molar-refractivity contribution in [1.29, 1.82) is 0 Å². The van der Waals surface area contributed by atoms with Crippen LogP contribution in [0.3, 0.4) is 0 Å². The lowest BCUT2D eigenvalue weighted by molar-refractivity contribution is 0.0951. The summed E-state index contributed by atoms with van der Waals surface area (Å²) in [5.74, 6) is -0.0841. The van der Waals surface area contributed by atoms with Crippen LogP contribution in [0.4, 0.5) is 0 Å². The summed E-state index contributed by atoms with van der Waals surface area (Å²) in [4.78, 5) is 18.0. The first-order valence-electron chi connectivity index (χ1n) is 4.99. The predicted octanol–water partition coefficient (Wildman–Crippen LogP) is 2.38. The van der Waals surface area contributed by atoms with Crippen molar-refractivity contribution >= 4 is 17.2 Å². The van der Waals surface area contributed by atoms with Crippen molar-refractivity contribution in [3.63, 3.8) is 0 Å². The van der Waals surface area contributed by atoms with E-state index >= 15 is 0 Å². The van der Waals surface area contributed by atoms with Crippen LogP contribution >= 0.6 is 11.3 Å². The summed E-state index contributed by atoms with van der Waals surface area (Å²) in [6.45, 7) is 2.63. The minimum atomic E-state index is -0.0841. The molecular weight excluding hydrogens is 220 g/mol. The molecule has 0 bridgehead atoms. The lowest BCUT2D eigenvalue weighted by Gasteiger charge is -2.02. The van der Waals surface area contributed by atoms with E-state index in [0.717, 1.165) is 4.88 Å². The molecule has 0 aliphatic heterocycles. The smallest absolute Gasteiger partial charge is 0.253 e. The van der Waals surface area contributed by atoms with Crippen molar-refractivity contribution in [3.8, 4) is 0 Å². The number of aryl methyl sites for hydroxylation is 1. The topological polar surface area (TPSA) is 42.0 Å². The Morgan fingerprint density at radius 1 is 1.44 bits per heavy atom. The van der Waals surface area contributed by atoms with Crippen molar-refractivity contribution in [2.75, 3.05) is 0 Å². The summed E-state index contributed by atoms with van der Waals surface area (Å²) < 4.78 is 0. The van der Waals surface area contributed by atoms with Gasteiger partial charge in [-0.25, -0.2) is 0 Å². The van der Waals surface area contributed by atoms with Gasteiger partial charge in [-0.1, -0.05) is 0 Å². The summed E-state index contributed by atoms with van der Waals surface area (Å²) in [5.41, 5.74) is 0.593. The van der Waals surface area contributed by atoms with Crippen molar-refractivity contribution in [2.45, 2.75) is 13.5 Å². The molecule has 16 heavy (non-hydrogen) atoms. The zero-order chi connectivity index (χ0) is 11.4. The molecule has 82 valence electrons. The Balaban J connectivity index is 1.94. The number of carbonyl (C=O) groups is 1. The maximum absolute atomic E-state index is 11.7. The third-order valence-electron chi connectivity index (χ3n) is 2.14. The van der Waals surface area contributed by atoms with Crippen molar-refractivity contribution < 1.29 is 4.79 Å². The Hall–Kier alpha value is -1.68. The van der Waals surface area contributed by atoms with Crippen molar-refractivity contribution in [2.24, 2.45) is 0 Å². The van der Waals surface area contributed by atoms with Gasteiger partial charge in [0, 0.05) is 22.1 Å². The third-order valence-corrected chi connectivity index (χ3v) is 3.14. The first kappa shape index (κ1) is 10.8. The molecule has 1 amide bonds. The highest BCUT2D eigenvalue weighted by Crippen LogP contribution is 2.14. The number of aromatic nitrogens is 1. The van der Waals surface area contributed by atoms with Crippen LogP contribution in [0, 0.1) is 6.92 Å². The number of amides is 1. The van der Waals surface area contributed by atoms with Crippen LogP contribution in [-0.4, -0.2) is 10.9 Å². The zero-order valence-corrected chi connectivity index (χ0v) is 9.75. The number of thiophene rings is 1.